The van der Waals surface area contributed by atoms with E-state index in [2.05, 4.69) is 86.8 Å². The van der Waals surface area contributed by atoms with Gasteiger partial charge in [-0.2, -0.15) is 0 Å². The Bertz CT molecular complexity index is 1460. The molecule has 2 aliphatic heterocycles. The van der Waals surface area contributed by atoms with Crippen LogP contribution in [0.4, 0.5) is 0 Å². The van der Waals surface area contributed by atoms with Crippen LogP contribution < -0.4 is 0 Å². The fraction of sp³-hybridized carbons (Fsp3) is 0.776. The maximum atomic E-state index is 13.1. The molecule has 72 heavy (non-hydrogen) atoms. The molecule has 0 aromatic carbocycles. The summed E-state index contributed by atoms with van der Waals surface area (Å²) in [5.74, 6) is -0.387. The van der Waals surface area contributed by atoms with Crippen molar-refractivity contribution in [2.45, 2.75) is 255 Å². The minimum Gasteiger partial charge on any atom is -0.457 e. The quantitative estimate of drug-likeness (QED) is 0.0172. The van der Waals surface area contributed by atoms with Gasteiger partial charge in [0.1, 0.15) is 54.9 Å². The van der Waals surface area contributed by atoms with Crippen molar-refractivity contribution in [1.82, 2.24) is 0 Å². The van der Waals surface area contributed by atoms with Gasteiger partial charge in [0.15, 0.2) is 12.6 Å². The summed E-state index contributed by atoms with van der Waals surface area (Å²) in [5.41, 5.74) is 0. The fourth-order valence-corrected chi connectivity index (χ4v) is 8.41. The topological polar surface area (TPSA) is 214 Å². The maximum Gasteiger partial charge on any atom is 0.306 e. The van der Waals surface area contributed by atoms with E-state index in [9.17, 15) is 40.5 Å². The highest BCUT2D eigenvalue weighted by Gasteiger charge is 2.47. The van der Waals surface area contributed by atoms with E-state index >= 15 is 0 Å². The monoisotopic (exact) mass is 1020 g/mol. The summed E-state index contributed by atoms with van der Waals surface area (Å²) in [6, 6.07) is 0. The van der Waals surface area contributed by atoms with E-state index in [1.165, 1.54) is 64.2 Å². The average molecular weight is 1020 g/mol. The molecule has 11 atom stereocenters. The van der Waals surface area contributed by atoms with Gasteiger partial charge in [-0.05, 0) is 77.0 Å². The van der Waals surface area contributed by atoms with E-state index < -0.39 is 80.7 Å². The first-order valence-corrected chi connectivity index (χ1v) is 28.0. The first-order valence-electron chi connectivity index (χ1n) is 28.0. The molecule has 0 radical (unpaired) electrons. The van der Waals surface area contributed by atoms with Crippen molar-refractivity contribution in [2.75, 3.05) is 33.0 Å². The molecular weight excluding hydrogens is 921 g/mol. The van der Waals surface area contributed by atoms with Gasteiger partial charge in [0.2, 0.25) is 0 Å². The predicted molar refractivity (Wildman–Crippen MR) is 284 cm³/mol. The molecule has 0 aromatic rings. The predicted octanol–water partition coefficient (Wildman–Crippen LogP) is 9.47. The smallest absolute Gasteiger partial charge is 0.306 e. The normalized spacial score (nSPS) is 25.7. The van der Waals surface area contributed by atoms with E-state index in [0.717, 1.165) is 96.3 Å². The minimum atomic E-state index is -1.71. The van der Waals surface area contributed by atoms with Crippen LogP contribution in [-0.2, 0) is 33.2 Å². The summed E-state index contributed by atoms with van der Waals surface area (Å²) in [5, 5.41) is 72.3. The first kappa shape index (κ1) is 65.5. The van der Waals surface area contributed by atoms with Gasteiger partial charge in [-0.25, -0.2) is 0 Å². The lowest BCUT2D eigenvalue weighted by Crippen LogP contribution is -2.61. The lowest BCUT2D eigenvalue weighted by atomic mass is 9.98. The van der Waals surface area contributed by atoms with Crippen LogP contribution in [-0.4, -0.2) is 142 Å². The summed E-state index contributed by atoms with van der Waals surface area (Å²) < 4.78 is 34.3. The van der Waals surface area contributed by atoms with Gasteiger partial charge in [-0.3, -0.25) is 4.79 Å². The molecule has 2 aliphatic rings. The number of aliphatic hydroxyl groups is 7. The lowest BCUT2D eigenvalue weighted by Gasteiger charge is -2.42. The van der Waals surface area contributed by atoms with Crippen LogP contribution in [0.15, 0.2) is 72.9 Å². The number of rotatable bonds is 44. The molecule has 14 heteroatoms. The Morgan fingerprint density at radius 3 is 1.42 bits per heavy atom. The largest absolute Gasteiger partial charge is 0.457 e. The molecule has 7 N–H and O–H groups in total. The van der Waals surface area contributed by atoms with Gasteiger partial charge in [-0.1, -0.05) is 177 Å². The molecule has 14 nitrogen and oxygen atoms in total. The van der Waals surface area contributed by atoms with Crippen LogP contribution in [0, 0.1) is 0 Å². The number of carbonyl (C=O) groups is 1. The van der Waals surface area contributed by atoms with Gasteiger partial charge in [0, 0.05) is 13.0 Å². The molecule has 0 aliphatic carbocycles. The lowest BCUT2D eigenvalue weighted by molar-refractivity contribution is -0.332. The molecule has 11 unspecified atom stereocenters. The zero-order valence-electron chi connectivity index (χ0n) is 44.4. The second kappa shape index (κ2) is 44.7. The van der Waals surface area contributed by atoms with E-state index in [0.29, 0.717) is 13.0 Å². The summed E-state index contributed by atoms with van der Waals surface area (Å²) >= 11 is 0. The van der Waals surface area contributed by atoms with E-state index in [1.54, 1.807) is 0 Å². The summed E-state index contributed by atoms with van der Waals surface area (Å²) in [6.45, 7) is 3.50. The van der Waals surface area contributed by atoms with Crippen LogP contribution in [0.1, 0.15) is 187 Å². The molecule has 2 rings (SSSR count). The third-order valence-electron chi connectivity index (χ3n) is 12.9. The average Bonchev–Trinajstić information content (AvgIpc) is 3.38. The molecule has 2 heterocycles. The number of hydrogen-bond donors (Lipinski definition) is 7. The molecule has 0 amide bonds. The molecule has 2 fully saturated rings. The van der Waals surface area contributed by atoms with Gasteiger partial charge in [0.25, 0.3) is 0 Å². The van der Waals surface area contributed by atoms with Crippen LogP contribution >= 0.6 is 0 Å². The third kappa shape index (κ3) is 31.3. The number of esters is 1. The Kier molecular flexibility index (Phi) is 40.7. The Hall–Kier alpha value is -2.57. The Morgan fingerprint density at radius 1 is 0.472 bits per heavy atom. The van der Waals surface area contributed by atoms with Crippen LogP contribution in [0.3, 0.4) is 0 Å². The van der Waals surface area contributed by atoms with E-state index in [-0.39, 0.29) is 25.6 Å². The van der Waals surface area contributed by atoms with Crippen LogP contribution in [0.5, 0.6) is 0 Å². The molecular formula is C58H100O14. The van der Waals surface area contributed by atoms with Gasteiger partial charge in [0.05, 0.1) is 26.4 Å². The number of allylic oxidation sites excluding steroid dienone is 12. The molecule has 0 aromatic heterocycles. The Morgan fingerprint density at radius 2 is 0.903 bits per heavy atom. The standard InChI is InChI=1S/C58H100O14/c1-3-5-7-9-11-13-15-17-19-20-21-22-23-24-25-26-27-29-31-33-35-37-39-41-50(60)70-47(44-67-42-40-38-36-34-32-30-28-18-16-14-12-10-8-6-4-2)45-68-57-56(66)54(64)52(62)49(72-57)46-69-58-55(65)53(63)51(61)48(43-59)71-58/h5,7,10-13,16-19,21-22,47-49,51-59,61-66H,3-4,6,8-9,14-15,20,23-46H2,1-2H3/b7-5-,12-10-,13-11-,18-16-,19-17-,22-21-. The first-order chi connectivity index (χ1) is 35.1. The summed E-state index contributed by atoms with van der Waals surface area (Å²) in [6.07, 6.45) is 39.6. The Labute approximate surface area is 434 Å². The molecule has 0 spiro atoms. The van der Waals surface area contributed by atoms with Crippen LogP contribution in [0.25, 0.3) is 0 Å². The van der Waals surface area contributed by atoms with Crippen molar-refractivity contribution in [1.29, 1.82) is 0 Å². The molecule has 0 bridgehead atoms. The zero-order chi connectivity index (χ0) is 52.3. The van der Waals surface area contributed by atoms with E-state index in [4.69, 9.17) is 28.4 Å². The van der Waals surface area contributed by atoms with Crippen molar-refractivity contribution in [3.8, 4) is 0 Å². The maximum absolute atomic E-state index is 13.1. The molecule has 2 saturated heterocycles. The van der Waals surface area contributed by atoms with E-state index in [1.807, 2.05) is 0 Å². The van der Waals surface area contributed by atoms with Gasteiger partial charge >= 0.3 is 5.97 Å². The highest BCUT2D eigenvalue weighted by molar-refractivity contribution is 5.69. The Balaban J connectivity index is 1.72. The SMILES string of the molecule is CC/C=C\C/C=C\C/C=C\C/C=C\CCCCCCCCCCCCC(=O)OC(COCCCCCCCC/C=C\C/C=C\CCCC)COC1OC(COC2OC(CO)C(O)C(O)C2O)C(O)C(O)C1O. The minimum absolute atomic E-state index is 0.0495. The number of ether oxygens (including phenoxy) is 6. The van der Waals surface area contributed by atoms with Crippen molar-refractivity contribution in [3.05, 3.63) is 72.9 Å². The number of aliphatic hydroxyl groups excluding tert-OH is 7. The molecule has 0 saturated carbocycles. The van der Waals surface area contributed by atoms with Crippen molar-refractivity contribution in [2.24, 2.45) is 0 Å². The highest BCUT2D eigenvalue weighted by atomic mass is 16.7. The van der Waals surface area contributed by atoms with Crippen molar-refractivity contribution >= 4 is 5.97 Å². The number of unbranched alkanes of at least 4 members (excludes halogenated alkanes) is 18. The van der Waals surface area contributed by atoms with Crippen molar-refractivity contribution in [3.63, 3.8) is 0 Å². The third-order valence-corrected chi connectivity index (χ3v) is 12.9. The highest BCUT2D eigenvalue weighted by Crippen LogP contribution is 2.26. The van der Waals surface area contributed by atoms with Gasteiger partial charge in [-0.15, -0.1) is 0 Å². The zero-order valence-corrected chi connectivity index (χ0v) is 44.4. The summed E-state index contributed by atoms with van der Waals surface area (Å²) in [4.78, 5) is 13.1. The van der Waals surface area contributed by atoms with Crippen molar-refractivity contribution < 1.29 is 69.0 Å². The number of hydrogen-bond acceptors (Lipinski definition) is 14. The summed E-state index contributed by atoms with van der Waals surface area (Å²) in [7, 11) is 0. The van der Waals surface area contributed by atoms with Crippen LogP contribution in [0.2, 0.25) is 0 Å². The second-order valence-electron chi connectivity index (χ2n) is 19.4. The second-order valence-corrected chi connectivity index (χ2v) is 19.4. The fourth-order valence-electron chi connectivity index (χ4n) is 8.41. The van der Waals surface area contributed by atoms with Gasteiger partial charge < -0.3 is 64.2 Å². The molecule has 416 valence electrons. The number of carbonyl (C=O) groups excluding carboxylic acids is 1.